The smallest absolute Gasteiger partial charge is 0.257 e. The van der Waals surface area contributed by atoms with E-state index in [0.717, 1.165) is 50.6 Å². The first-order chi connectivity index (χ1) is 15.2. The van der Waals surface area contributed by atoms with Crippen molar-refractivity contribution >= 4 is 5.91 Å². The molecule has 0 unspecified atom stereocenters. The molecule has 0 aromatic heterocycles. The molecule has 0 bridgehead atoms. The van der Waals surface area contributed by atoms with E-state index >= 15 is 0 Å². The van der Waals surface area contributed by atoms with Crippen LogP contribution in [0.2, 0.25) is 0 Å². The third-order valence-electron chi connectivity index (χ3n) is 7.48. The van der Waals surface area contributed by atoms with Gasteiger partial charge in [0.2, 0.25) is 0 Å². The molecule has 3 aliphatic rings. The standard InChI is InChI=1S/C27H34N2O2/c30-26-24-12-6-7-13-25(24)31-27(21-29(26)17-14-22-8-2-1-3-9-22)15-18-28(19-16-27)20-23-10-4-5-11-23/h1-3,6-9,12-13,23H,4-5,10-11,14-21H2. The zero-order chi connectivity index (χ0) is 21.1. The number of benzene rings is 2. The lowest BCUT2D eigenvalue weighted by molar-refractivity contribution is -0.0176. The highest BCUT2D eigenvalue weighted by molar-refractivity contribution is 5.97. The molecule has 2 aromatic rings. The van der Waals surface area contributed by atoms with Crippen LogP contribution in [0, 0.1) is 5.92 Å². The van der Waals surface area contributed by atoms with Crippen LogP contribution in [0.4, 0.5) is 0 Å². The number of likely N-dealkylation sites (tertiary alicyclic amines) is 1. The van der Waals surface area contributed by atoms with Gasteiger partial charge in [0.25, 0.3) is 5.91 Å². The Hall–Kier alpha value is -2.33. The molecule has 2 aromatic carbocycles. The molecule has 31 heavy (non-hydrogen) atoms. The van der Waals surface area contributed by atoms with Crippen LogP contribution in [0.1, 0.15) is 54.4 Å². The largest absolute Gasteiger partial charge is 0.484 e. The van der Waals surface area contributed by atoms with Crippen molar-refractivity contribution in [2.75, 3.05) is 32.7 Å². The van der Waals surface area contributed by atoms with Gasteiger partial charge < -0.3 is 14.5 Å². The lowest BCUT2D eigenvalue weighted by Gasteiger charge is -2.43. The minimum atomic E-state index is -0.273. The van der Waals surface area contributed by atoms with Crippen LogP contribution < -0.4 is 4.74 Å². The Labute approximate surface area is 186 Å². The van der Waals surface area contributed by atoms with Gasteiger partial charge in [-0.05, 0) is 42.9 Å². The van der Waals surface area contributed by atoms with E-state index in [4.69, 9.17) is 4.74 Å². The lowest BCUT2D eigenvalue weighted by Crippen LogP contribution is -2.54. The third kappa shape index (κ3) is 4.64. The van der Waals surface area contributed by atoms with Gasteiger partial charge in [-0.25, -0.2) is 0 Å². The van der Waals surface area contributed by atoms with Crippen molar-refractivity contribution in [1.29, 1.82) is 0 Å². The molecule has 1 aliphatic carbocycles. The normalized spacial score (nSPS) is 21.7. The van der Waals surface area contributed by atoms with Crippen molar-refractivity contribution in [2.45, 2.75) is 50.5 Å². The van der Waals surface area contributed by atoms with E-state index in [9.17, 15) is 4.79 Å². The van der Waals surface area contributed by atoms with Gasteiger partial charge in [0.15, 0.2) is 0 Å². The highest BCUT2D eigenvalue weighted by atomic mass is 16.5. The number of nitrogens with zero attached hydrogens (tertiary/aromatic N) is 2. The van der Waals surface area contributed by atoms with Crippen LogP contribution in [0.3, 0.4) is 0 Å². The summed E-state index contributed by atoms with van der Waals surface area (Å²) in [6.07, 6.45) is 8.45. The number of para-hydroxylation sites is 1. The van der Waals surface area contributed by atoms with Crippen LogP contribution in [0.25, 0.3) is 0 Å². The van der Waals surface area contributed by atoms with E-state index in [1.165, 1.54) is 37.8 Å². The molecular weight excluding hydrogens is 384 g/mol. The fourth-order valence-electron chi connectivity index (χ4n) is 5.64. The molecule has 0 N–H and O–H groups in total. The second kappa shape index (κ2) is 9.04. The maximum Gasteiger partial charge on any atom is 0.257 e. The van der Waals surface area contributed by atoms with E-state index in [2.05, 4.69) is 29.2 Å². The number of rotatable bonds is 5. The molecule has 0 atom stereocenters. The summed E-state index contributed by atoms with van der Waals surface area (Å²) < 4.78 is 6.67. The van der Waals surface area contributed by atoms with E-state index in [-0.39, 0.29) is 11.5 Å². The molecule has 1 saturated heterocycles. The van der Waals surface area contributed by atoms with E-state index < -0.39 is 0 Å². The van der Waals surface area contributed by atoms with Crippen molar-refractivity contribution in [1.82, 2.24) is 9.80 Å². The number of carbonyl (C=O) groups is 1. The quantitative estimate of drug-likeness (QED) is 0.700. The molecule has 1 spiro atoms. The summed E-state index contributed by atoms with van der Waals surface area (Å²) in [7, 11) is 0. The summed E-state index contributed by atoms with van der Waals surface area (Å²) in [6.45, 7) is 4.79. The average Bonchev–Trinajstić information content (AvgIpc) is 3.28. The molecule has 0 radical (unpaired) electrons. The SMILES string of the molecule is O=C1c2ccccc2OC2(CCN(CC3CCCC3)CC2)CN1CCc1ccccc1. The van der Waals surface area contributed by atoms with Crippen molar-refractivity contribution in [2.24, 2.45) is 5.92 Å². The molecular formula is C27H34N2O2. The van der Waals surface area contributed by atoms with Gasteiger partial charge in [0.05, 0.1) is 12.1 Å². The van der Waals surface area contributed by atoms with Gasteiger partial charge in [0.1, 0.15) is 11.4 Å². The van der Waals surface area contributed by atoms with Crippen LogP contribution in [-0.2, 0) is 6.42 Å². The topological polar surface area (TPSA) is 32.8 Å². The second-order valence-corrected chi connectivity index (χ2v) is 9.69. The van der Waals surface area contributed by atoms with Crippen molar-refractivity contribution in [3.05, 3.63) is 65.7 Å². The molecule has 2 fully saturated rings. The van der Waals surface area contributed by atoms with Gasteiger partial charge in [-0.15, -0.1) is 0 Å². The zero-order valence-electron chi connectivity index (χ0n) is 18.5. The van der Waals surface area contributed by atoms with Gasteiger partial charge in [-0.2, -0.15) is 0 Å². The van der Waals surface area contributed by atoms with Crippen LogP contribution >= 0.6 is 0 Å². The highest BCUT2D eigenvalue weighted by Gasteiger charge is 2.43. The van der Waals surface area contributed by atoms with Gasteiger partial charge in [-0.3, -0.25) is 4.79 Å². The Morgan fingerprint density at radius 1 is 0.935 bits per heavy atom. The molecule has 1 amide bonds. The van der Waals surface area contributed by atoms with Crippen LogP contribution in [0.15, 0.2) is 54.6 Å². The Morgan fingerprint density at radius 2 is 1.65 bits per heavy atom. The number of piperidine rings is 1. The Kier molecular flexibility index (Phi) is 5.99. The number of hydrogen-bond acceptors (Lipinski definition) is 3. The van der Waals surface area contributed by atoms with Crippen molar-refractivity contribution < 1.29 is 9.53 Å². The molecule has 2 aliphatic heterocycles. The predicted octanol–water partition coefficient (Wildman–Crippen LogP) is 4.79. The van der Waals surface area contributed by atoms with Crippen molar-refractivity contribution in [3.8, 4) is 5.75 Å². The Balaban J connectivity index is 1.32. The zero-order valence-corrected chi connectivity index (χ0v) is 18.5. The van der Waals surface area contributed by atoms with Gasteiger partial charge >= 0.3 is 0 Å². The summed E-state index contributed by atoms with van der Waals surface area (Å²) >= 11 is 0. The van der Waals surface area contributed by atoms with Crippen LogP contribution in [0.5, 0.6) is 5.75 Å². The number of fused-ring (bicyclic) bond motifs is 1. The highest BCUT2D eigenvalue weighted by Crippen LogP contribution is 2.36. The summed E-state index contributed by atoms with van der Waals surface area (Å²) in [5.74, 6) is 1.75. The minimum Gasteiger partial charge on any atom is -0.484 e. The summed E-state index contributed by atoms with van der Waals surface area (Å²) in [4.78, 5) is 18.1. The first-order valence-corrected chi connectivity index (χ1v) is 12.0. The first kappa shape index (κ1) is 20.6. The number of ether oxygens (including phenoxy) is 1. The van der Waals surface area contributed by atoms with E-state index in [1.54, 1.807) is 0 Å². The summed E-state index contributed by atoms with van der Waals surface area (Å²) in [5.41, 5.74) is 1.71. The average molecular weight is 419 g/mol. The summed E-state index contributed by atoms with van der Waals surface area (Å²) in [6, 6.07) is 18.3. The lowest BCUT2D eigenvalue weighted by atomic mass is 9.89. The molecule has 4 nitrogen and oxygen atoms in total. The van der Waals surface area contributed by atoms with Crippen LogP contribution in [-0.4, -0.2) is 54.0 Å². The fourth-order valence-corrected chi connectivity index (χ4v) is 5.64. The third-order valence-corrected chi connectivity index (χ3v) is 7.48. The number of amides is 1. The first-order valence-electron chi connectivity index (χ1n) is 12.0. The second-order valence-electron chi connectivity index (χ2n) is 9.69. The monoisotopic (exact) mass is 418 g/mol. The predicted molar refractivity (Wildman–Crippen MR) is 123 cm³/mol. The Morgan fingerprint density at radius 3 is 2.42 bits per heavy atom. The number of hydrogen-bond donors (Lipinski definition) is 0. The number of carbonyl (C=O) groups excluding carboxylic acids is 1. The molecule has 4 heteroatoms. The molecule has 1 saturated carbocycles. The van der Waals surface area contributed by atoms with E-state index in [0.29, 0.717) is 12.1 Å². The molecule has 164 valence electrons. The molecule has 2 heterocycles. The summed E-state index contributed by atoms with van der Waals surface area (Å²) in [5, 5.41) is 0. The van der Waals surface area contributed by atoms with Gasteiger partial charge in [-0.1, -0.05) is 55.3 Å². The Bertz CT molecular complexity index is 883. The fraction of sp³-hybridized carbons (Fsp3) is 0.519. The minimum absolute atomic E-state index is 0.108. The van der Waals surface area contributed by atoms with Crippen molar-refractivity contribution in [3.63, 3.8) is 0 Å². The van der Waals surface area contributed by atoms with Gasteiger partial charge in [0, 0.05) is 39.0 Å². The molecule has 5 rings (SSSR count). The maximum atomic E-state index is 13.4. The van der Waals surface area contributed by atoms with E-state index in [1.807, 2.05) is 35.2 Å². The maximum absolute atomic E-state index is 13.4.